The summed E-state index contributed by atoms with van der Waals surface area (Å²) in [6.07, 6.45) is -4.72. The van der Waals surface area contributed by atoms with Crippen molar-refractivity contribution in [3.63, 3.8) is 0 Å². The summed E-state index contributed by atoms with van der Waals surface area (Å²) < 4.78 is 0. The second-order valence-corrected chi connectivity index (χ2v) is 4.96. The number of H-pyrrole nitrogens is 2. The number of aliphatic imine (C=N–C) groups is 1. The van der Waals surface area contributed by atoms with Crippen LogP contribution in [0.3, 0.4) is 0 Å². The molecule has 0 radical (unpaired) electrons. The first-order chi connectivity index (χ1) is 11.2. The molecule has 134 valence electrons. The van der Waals surface area contributed by atoms with Gasteiger partial charge in [0.05, 0.1) is 18.4 Å². The Kier molecular flexibility index (Phi) is 6.85. The molecule has 1 rings (SSSR count). The van der Waals surface area contributed by atoms with Crippen LogP contribution in [0.1, 0.15) is 6.92 Å². The second kappa shape index (κ2) is 8.40. The third-order valence-electron chi connectivity index (χ3n) is 3.08. The summed E-state index contributed by atoms with van der Waals surface area (Å²) in [4.78, 5) is 31.2. The lowest BCUT2D eigenvalue weighted by atomic mass is 10.1. The number of allylic oxidation sites excluding steroid dienone is 1. The number of nitrogens with one attached hydrogen (secondary N) is 3. The average Bonchev–Trinajstić information content (AvgIpc) is 2.53. The van der Waals surface area contributed by atoms with Crippen molar-refractivity contribution >= 4 is 17.2 Å². The highest BCUT2D eigenvalue weighted by Crippen LogP contribution is 2.16. The number of aromatic amines is 2. The van der Waals surface area contributed by atoms with Gasteiger partial charge in [-0.25, -0.2) is 9.79 Å². The third-order valence-corrected chi connectivity index (χ3v) is 3.08. The van der Waals surface area contributed by atoms with Crippen molar-refractivity contribution in [3.8, 4) is 0 Å². The molecule has 1 aromatic heterocycles. The normalized spacial score (nSPS) is 15.6. The Morgan fingerprint density at radius 2 is 1.88 bits per heavy atom. The number of rotatable bonds is 8. The van der Waals surface area contributed by atoms with Gasteiger partial charge in [-0.3, -0.25) is 14.8 Å². The lowest BCUT2D eigenvalue weighted by molar-refractivity contribution is -0.0715. The highest BCUT2D eigenvalue weighted by molar-refractivity contribution is 5.97. The molecule has 0 saturated heterocycles. The molecule has 0 fully saturated rings. The molecule has 11 heteroatoms. The van der Waals surface area contributed by atoms with Gasteiger partial charge in [-0.2, -0.15) is 0 Å². The quantitative estimate of drug-likeness (QED) is 0.191. The SMILES string of the molecule is C=C(O)C(C)=Nc1c(NC[C@H](O)[C@H](O)[C@H](O)CO)[nH]c(=O)[nH]c1=O. The molecule has 0 unspecified atom stereocenters. The van der Waals surface area contributed by atoms with E-state index in [0.29, 0.717) is 0 Å². The minimum absolute atomic E-state index is 0.0203. The van der Waals surface area contributed by atoms with Crippen LogP contribution < -0.4 is 16.6 Å². The van der Waals surface area contributed by atoms with Gasteiger partial charge in [-0.1, -0.05) is 6.58 Å². The minimum atomic E-state index is -1.65. The Morgan fingerprint density at radius 3 is 2.42 bits per heavy atom. The van der Waals surface area contributed by atoms with Gasteiger partial charge in [0.15, 0.2) is 5.69 Å². The molecular weight excluding hydrogens is 324 g/mol. The Morgan fingerprint density at radius 1 is 1.25 bits per heavy atom. The van der Waals surface area contributed by atoms with Crippen LogP contribution in [0.2, 0.25) is 0 Å². The van der Waals surface area contributed by atoms with E-state index in [9.17, 15) is 30.0 Å². The number of aliphatic hydroxyl groups excluding tert-OH is 5. The van der Waals surface area contributed by atoms with E-state index in [0.717, 1.165) is 0 Å². The molecule has 1 aromatic rings. The van der Waals surface area contributed by atoms with Crippen LogP contribution in [-0.4, -0.2) is 72.7 Å². The molecule has 3 atom stereocenters. The predicted molar refractivity (Wildman–Crippen MR) is 85.8 cm³/mol. The van der Waals surface area contributed by atoms with Gasteiger partial charge in [0.1, 0.15) is 23.8 Å². The summed E-state index contributed by atoms with van der Waals surface area (Å²) >= 11 is 0. The number of nitrogens with zero attached hydrogens (tertiary/aromatic N) is 1. The van der Waals surface area contributed by atoms with Crippen molar-refractivity contribution in [1.82, 2.24) is 9.97 Å². The van der Waals surface area contributed by atoms with Crippen molar-refractivity contribution in [1.29, 1.82) is 0 Å². The van der Waals surface area contributed by atoms with E-state index in [1.165, 1.54) is 6.92 Å². The van der Waals surface area contributed by atoms with Crippen LogP contribution in [0.5, 0.6) is 0 Å². The van der Waals surface area contributed by atoms with Crippen molar-refractivity contribution in [3.05, 3.63) is 33.2 Å². The van der Waals surface area contributed by atoms with Crippen molar-refractivity contribution in [2.45, 2.75) is 25.2 Å². The lowest BCUT2D eigenvalue weighted by Gasteiger charge is -2.22. The van der Waals surface area contributed by atoms with E-state index in [1.54, 1.807) is 0 Å². The van der Waals surface area contributed by atoms with Crippen LogP contribution in [0.25, 0.3) is 0 Å². The van der Waals surface area contributed by atoms with Crippen LogP contribution >= 0.6 is 0 Å². The first-order valence-corrected chi connectivity index (χ1v) is 6.86. The Bertz CT molecular complexity index is 724. The van der Waals surface area contributed by atoms with Gasteiger partial charge in [0.2, 0.25) is 0 Å². The van der Waals surface area contributed by atoms with E-state index >= 15 is 0 Å². The van der Waals surface area contributed by atoms with E-state index in [1.807, 2.05) is 4.98 Å². The summed E-state index contributed by atoms with van der Waals surface area (Å²) in [7, 11) is 0. The number of anilines is 1. The maximum Gasteiger partial charge on any atom is 0.327 e. The second-order valence-electron chi connectivity index (χ2n) is 4.96. The average molecular weight is 344 g/mol. The fourth-order valence-electron chi connectivity index (χ4n) is 1.64. The van der Waals surface area contributed by atoms with Crippen LogP contribution in [-0.2, 0) is 0 Å². The van der Waals surface area contributed by atoms with Gasteiger partial charge >= 0.3 is 5.69 Å². The van der Waals surface area contributed by atoms with E-state index in [4.69, 9.17) is 5.11 Å². The Labute approximate surface area is 135 Å². The highest BCUT2D eigenvalue weighted by Gasteiger charge is 2.24. The van der Waals surface area contributed by atoms with Crippen molar-refractivity contribution < 1.29 is 25.5 Å². The monoisotopic (exact) mass is 344 g/mol. The van der Waals surface area contributed by atoms with Gasteiger partial charge in [0, 0.05) is 6.54 Å². The molecule has 0 spiro atoms. The van der Waals surface area contributed by atoms with Gasteiger partial charge in [-0.05, 0) is 6.92 Å². The Balaban J connectivity index is 3.07. The zero-order valence-corrected chi connectivity index (χ0v) is 12.9. The number of hydrogen-bond acceptors (Lipinski definition) is 9. The lowest BCUT2D eigenvalue weighted by Crippen LogP contribution is -2.43. The van der Waals surface area contributed by atoms with E-state index in [-0.39, 0.29) is 29.5 Å². The summed E-state index contributed by atoms with van der Waals surface area (Å²) in [6.45, 7) is 3.50. The molecule has 1 heterocycles. The van der Waals surface area contributed by atoms with Crippen LogP contribution in [0.4, 0.5) is 11.5 Å². The molecule has 0 amide bonds. The molecule has 0 aliphatic rings. The fourth-order valence-corrected chi connectivity index (χ4v) is 1.64. The summed E-state index contributed by atoms with van der Waals surface area (Å²) in [5, 5.41) is 49.0. The predicted octanol–water partition coefficient (Wildman–Crippen LogP) is -2.29. The molecule has 0 aliphatic carbocycles. The molecule has 0 bridgehead atoms. The summed E-state index contributed by atoms with van der Waals surface area (Å²) in [5.41, 5.74) is -1.96. The third kappa shape index (κ3) is 5.03. The number of hydrogen-bond donors (Lipinski definition) is 8. The Hall–Kier alpha value is -2.47. The van der Waals surface area contributed by atoms with Gasteiger partial charge in [0.25, 0.3) is 5.56 Å². The maximum absolute atomic E-state index is 11.8. The molecule has 0 aliphatic heterocycles. The number of aromatic nitrogens is 2. The topological polar surface area (TPSA) is 191 Å². The molecular formula is C13H20N4O7. The van der Waals surface area contributed by atoms with Gasteiger partial charge < -0.3 is 30.8 Å². The number of aliphatic hydroxyl groups is 5. The summed E-state index contributed by atoms with van der Waals surface area (Å²) in [5.74, 6) is -0.554. The van der Waals surface area contributed by atoms with Crippen LogP contribution in [0, 0.1) is 0 Å². The standard InChI is InChI=1S/C13H20N4O7/c1-5(6(2)19)15-9-11(16-13(24)17-12(9)23)14-3-7(20)10(22)8(21)4-18/h7-8,10,18-22H,2-4H2,1H3,(H3,14,16,17,23,24)/t7-,8+,10-/m0/s1. The molecule has 8 N–H and O–H groups in total. The first-order valence-electron chi connectivity index (χ1n) is 6.86. The first kappa shape index (κ1) is 19.6. The zero-order chi connectivity index (χ0) is 18.4. The largest absolute Gasteiger partial charge is 0.507 e. The highest BCUT2D eigenvalue weighted by atomic mass is 16.4. The molecule has 0 aromatic carbocycles. The smallest absolute Gasteiger partial charge is 0.327 e. The summed E-state index contributed by atoms with van der Waals surface area (Å²) in [6, 6.07) is 0. The van der Waals surface area contributed by atoms with Crippen LogP contribution in [0.15, 0.2) is 26.9 Å². The van der Waals surface area contributed by atoms with E-state index < -0.39 is 36.2 Å². The van der Waals surface area contributed by atoms with Crippen molar-refractivity contribution in [2.75, 3.05) is 18.5 Å². The maximum atomic E-state index is 11.8. The van der Waals surface area contributed by atoms with Crippen molar-refractivity contribution in [2.24, 2.45) is 4.99 Å². The van der Waals surface area contributed by atoms with Gasteiger partial charge in [-0.15, -0.1) is 0 Å². The minimum Gasteiger partial charge on any atom is -0.507 e. The van der Waals surface area contributed by atoms with E-state index in [2.05, 4.69) is 21.9 Å². The molecule has 0 saturated carbocycles. The molecule has 11 nitrogen and oxygen atoms in total. The molecule has 24 heavy (non-hydrogen) atoms. The zero-order valence-electron chi connectivity index (χ0n) is 12.9. The fraction of sp³-hybridized carbons (Fsp3) is 0.462.